The fourth-order valence-corrected chi connectivity index (χ4v) is 4.56. The van der Waals surface area contributed by atoms with Gasteiger partial charge in [-0.15, -0.1) is 0 Å². The lowest BCUT2D eigenvalue weighted by molar-refractivity contribution is -0.140. The maximum Gasteiger partial charge on any atom is 0.419 e. The Morgan fingerprint density at radius 2 is 1.43 bits per heavy atom. The third-order valence-corrected chi connectivity index (χ3v) is 6.75. The van der Waals surface area contributed by atoms with Crippen LogP contribution in [0.5, 0.6) is 0 Å². The molecule has 0 aliphatic carbocycles. The van der Waals surface area contributed by atoms with Gasteiger partial charge in [0.1, 0.15) is 11.6 Å². The summed E-state index contributed by atoms with van der Waals surface area (Å²) in [6, 6.07) is 16.3. The van der Waals surface area contributed by atoms with E-state index in [-0.39, 0.29) is 18.7 Å². The van der Waals surface area contributed by atoms with Crippen LogP contribution in [0.15, 0.2) is 66.9 Å². The van der Waals surface area contributed by atoms with Crippen molar-refractivity contribution < 1.29 is 22.0 Å². The first-order valence-corrected chi connectivity index (χ1v) is 12.7. The lowest BCUT2D eigenvalue weighted by atomic mass is 9.97. The van der Waals surface area contributed by atoms with Gasteiger partial charge in [0.15, 0.2) is 0 Å². The molecule has 3 aromatic carbocycles. The fraction of sp³-hybridized carbons (Fsp3) is 0.323. The second-order valence-electron chi connectivity index (χ2n) is 9.52. The highest BCUT2D eigenvalue weighted by Crippen LogP contribution is 2.32. The average molecular weight is 512 g/mol. The first-order valence-electron chi connectivity index (χ1n) is 12.7. The highest BCUT2D eigenvalue weighted by molar-refractivity contribution is 5.84. The molecule has 0 N–H and O–H groups in total. The summed E-state index contributed by atoms with van der Waals surface area (Å²) in [5.74, 6) is -1.66. The Bertz CT molecular complexity index is 1340. The molecule has 6 heteroatoms. The van der Waals surface area contributed by atoms with E-state index in [0.717, 1.165) is 48.0 Å². The first-order chi connectivity index (χ1) is 17.7. The van der Waals surface area contributed by atoms with Crippen molar-refractivity contribution in [2.75, 3.05) is 0 Å². The predicted octanol–water partition coefficient (Wildman–Crippen LogP) is 8.83. The van der Waals surface area contributed by atoms with Gasteiger partial charge in [-0.25, -0.2) is 8.78 Å². The number of unbranched alkanes of at least 4 members (excludes halogenated alkanes) is 2. The molecule has 37 heavy (non-hydrogen) atoms. The van der Waals surface area contributed by atoms with Crippen molar-refractivity contribution in [1.82, 2.24) is 4.98 Å². The number of aromatic nitrogens is 1. The van der Waals surface area contributed by atoms with Crippen molar-refractivity contribution in [2.24, 2.45) is 0 Å². The van der Waals surface area contributed by atoms with Gasteiger partial charge in [0.2, 0.25) is 0 Å². The van der Waals surface area contributed by atoms with E-state index in [2.05, 4.69) is 24.0 Å². The van der Waals surface area contributed by atoms with Gasteiger partial charge in [0.25, 0.3) is 0 Å². The molecule has 0 amide bonds. The number of benzene rings is 3. The molecule has 0 atom stereocenters. The zero-order valence-electron chi connectivity index (χ0n) is 20.8. The number of hydrogen-bond acceptors (Lipinski definition) is 1. The molecular weight excluding hydrogens is 481 g/mol. The Morgan fingerprint density at radius 3 is 2.14 bits per heavy atom. The molecule has 0 spiro atoms. The van der Waals surface area contributed by atoms with Crippen molar-refractivity contribution in [3.05, 3.63) is 112 Å². The molecule has 1 nitrogen and oxygen atoms in total. The van der Waals surface area contributed by atoms with E-state index in [1.165, 1.54) is 30.9 Å². The monoisotopic (exact) mass is 511 g/mol. The third-order valence-electron chi connectivity index (χ3n) is 6.75. The van der Waals surface area contributed by atoms with Crippen LogP contribution in [0.3, 0.4) is 0 Å². The molecule has 0 saturated heterocycles. The summed E-state index contributed by atoms with van der Waals surface area (Å²) in [7, 11) is 0. The van der Waals surface area contributed by atoms with Gasteiger partial charge in [0.05, 0.1) is 5.56 Å². The highest BCUT2D eigenvalue weighted by Gasteiger charge is 2.33. The van der Waals surface area contributed by atoms with Crippen LogP contribution in [-0.2, 0) is 38.3 Å². The Balaban J connectivity index is 1.38. The van der Waals surface area contributed by atoms with Crippen molar-refractivity contribution in [2.45, 2.75) is 64.5 Å². The van der Waals surface area contributed by atoms with Crippen LogP contribution >= 0.6 is 0 Å². The molecule has 0 bridgehead atoms. The van der Waals surface area contributed by atoms with Gasteiger partial charge in [-0.05, 0) is 84.4 Å². The van der Waals surface area contributed by atoms with Crippen molar-refractivity contribution in [3.8, 4) is 0 Å². The van der Waals surface area contributed by atoms with Gasteiger partial charge >= 0.3 is 6.18 Å². The van der Waals surface area contributed by atoms with Crippen LogP contribution in [0.25, 0.3) is 10.8 Å². The summed E-state index contributed by atoms with van der Waals surface area (Å²) in [4.78, 5) is 4.59. The van der Waals surface area contributed by atoms with Gasteiger partial charge in [-0.2, -0.15) is 13.2 Å². The molecule has 4 rings (SSSR count). The molecule has 0 radical (unpaired) electrons. The van der Waals surface area contributed by atoms with E-state index in [1.807, 2.05) is 24.4 Å². The maximum atomic E-state index is 15.2. The van der Waals surface area contributed by atoms with Crippen LogP contribution in [0.1, 0.15) is 59.7 Å². The van der Waals surface area contributed by atoms with Crippen molar-refractivity contribution >= 4 is 10.8 Å². The Kier molecular flexibility index (Phi) is 8.57. The van der Waals surface area contributed by atoms with E-state index in [9.17, 15) is 17.6 Å². The van der Waals surface area contributed by atoms with Crippen LogP contribution in [0.2, 0.25) is 0 Å². The molecule has 0 unspecified atom stereocenters. The molecular formula is C31H30F5N. The summed E-state index contributed by atoms with van der Waals surface area (Å²) in [5, 5.41) is 1.29. The number of pyridine rings is 1. The maximum absolute atomic E-state index is 15.2. The second-order valence-corrected chi connectivity index (χ2v) is 9.52. The lowest BCUT2D eigenvalue weighted by Gasteiger charge is -2.11. The molecule has 0 fully saturated rings. The van der Waals surface area contributed by atoms with Crippen LogP contribution in [0, 0.1) is 11.6 Å². The molecule has 1 heterocycles. The number of nitrogens with zero attached hydrogens (tertiary/aromatic N) is 1. The average Bonchev–Trinajstić information content (AvgIpc) is 2.87. The Hall–Kier alpha value is -3.28. The first kappa shape index (κ1) is 26.8. The van der Waals surface area contributed by atoms with Gasteiger partial charge < -0.3 is 0 Å². The van der Waals surface area contributed by atoms with Gasteiger partial charge in [-0.3, -0.25) is 4.98 Å². The lowest BCUT2D eigenvalue weighted by Crippen LogP contribution is -2.08. The number of aryl methyl sites for hydroxylation is 5. The summed E-state index contributed by atoms with van der Waals surface area (Å²) in [5.41, 5.74) is 2.93. The van der Waals surface area contributed by atoms with Crippen molar-refractivity contribution in [1.29, 1.82) is 0 Å². The number of fused-ring (bicyclic) bond motifs is 1. The summed E-state index contributed by atoms with van der Waals surface area (Å²) >= 11 is 0. The summed E-state index contributed by atoms with van der Waals surface area (Å²) in [6.45, 7) is 2.19. The highest BCUT2D eigenvalue weighted by atomic mass is 19.4. The van der Waals surface area contributed by atoms with E-state index in [0.29, 0.717) is 16.5 Å². The molecule has 4 aromatic rings. The second kappa shape index (κ2) is 11.8. The normalized spacial score (nSPS) is 11.8. The SMILES string of the molecule is CCCCCc1ccc(CCc2ccc3c(F)c(CCc4ccc(C(F)(F)F)c(F)c4)ccc3c2)nc1. The molecule has 0 aliphatic rings. The molecule has 0 aliphatic heterocycles. The largest absolute Gasteiger partial charge is 0.419 e. The predicted molar refractivity (Wildman–Crippen MR) is 138 cm³/mol. The van der Waals surface area contributed by atoms with Gasteiger partial charge in [-0.1, -0.05) is 62.2 Å². The topological polar surface area (TPSA) is 12.9 Å². The number of hydrogen-bond donors (Lipinski definition) is 0. The zero-order valence-corrected chi connectivity index (χ0v) is 20.8. The molecule has 194 valence electrons. The van der Waals surface area contributed by atoms with Crippen LogP contribution in [0.4, 0.5) is 22.0 Å². The van der Waals surface area contributed by atoms with Crippen LogP contribution < -0.4 is 0 Å². The number of rotatable bonds is 10. The van der Waals surface area contributed by atoms with Crippen LogP contribution in [-0.4, -0.2) is 4.98 Å². The minimum Gasteiger partial charge on any atom is -0.261 e. The van der Waals surface area contributed by atoms with E-state index in [4.69, 9.17) is 0 Å². The van der Waals surface area contributed by atoms with E-state index < -0.39 is 17.6 Å². The quantitative estimate of drug-likeness (QED) is 0.153. The van der Waals surface area contributed by atoms with Crippen molar-refractivity contribution in [3.63, 3.8) is 0 Å². The number of alkyl halides is 3. The Morgan fingerprint density at radius 1 is 0.703 bits per heavy atom. The fourth-order valence-electron chi connectivity index (χ4n) is 4.56. The third kappa shape index (κ3) is 6.94. The molecule has 0 saturated carbocycles. The summed E-state index contributed by atoms with van der Waals surface area (Å²) in [6.07, 6.45) is 3.97. The van der Waals surface area contributed by atoms with E-state index in [1.54, 1.807) is 12.1 Å². The van der Waals surface area contributed by atoms with Gasteiger partial charge in [0, 0.05) is 17.3 Å². The smallest absolute Gasteiger partial charge is 0.261 e. The summed E-state index contributed by atoms with van der Waals surface area (Å²) < 4.78 is 67.3. The standard InChI is InChI=1S/C31H30F5N/c1-2-3-4-5-23-8-15-26(37-20-23)14-7-21-9-16-27-25(18-21)13-12-24(30(27)33)11-6-22-10-17-28(29(32)19-22)31(34,35)36/h8-10,12-13,15-20H,2-7,11,14H2,1H3. The zero-order chi connectivity index (χ0) is 26.4. The number of halogens is 5. The van der Waals surface area contributed by atoms with E-state index >= 15 is 4.39 Å². The minimum absolute atomic E-state index is 0.236. The minimum atomic E-state index is -4.74. The molecule has 1 aromatic heterocycles. The Labute approximate surface area is 214 Å².